The van der Waals surface area contributed by atoms with Crippen LogP contribution in [0.5, 0.6) is 0 Å². The first-order valence-electron chi connectivity index (χ1n) is 9.84. The maximum atomic E-state index is 8.08. The second-order valence-electron chi connectivity index (χ2n) is 6.70. The fourth-order valence-corrected chi connectivity index (χ4v) is 0.354. The quantitative estimate of drug-likeness (QED) is 0.488. The van der Waals surface area contributed by atoms with Gasteiger partial charge in [-0.3, -0.25) is 0 Å². The average molecular weight is 355 g/mol. The summed E-state index contributed by atoms with van der Waals surface area (Å²) >= 11 is 0. The van der Waals surface area contributed by atoms with Gasteiger partial charge in [0.15, 0.2) is 5.79 Å². The summed E-state index contributed by atoms with van der Waals surface area (Å²) in [7, 11) is 0. The van der Waals surface area contributed by atoms with Crippen LogP contribution in [0.3, 0.4) is 0 Å². The molecule has 0 aromatic carbocycles. The molecule has 0 radical (unpaired) electrons. The molecule has 2 heteroatoms. The Hall–Kier alpha value is -0.0800. The first kappa shape index (κ1) is 43.9. The van der Waals surface area contributed by atoms with Gasteiger partial charge >= 0.3 is 0 Å². The minimum Gasteiger partial charge on any atom is -0.366 e. The van der Waals surface area contributed by atoms with E-state index in [0.717, 1.165) is 5.92 Å². The fraction of sp³-hybridized carbons (Fsp3) is 1.00. The van der Waals surface area contributed by atoms with Gasteiger partial charge in [0, 0.05) is 0 Å². The number of rotatable bonds is 2. The van der Waals surface area contributed by atoms with E-state index < -0.39 is 5.79 Å². The summed E-state index contributed by atoms with van der Waals surface area (Å²) < 4.78 is 0. The summed E-state index contributed by atoms with van der Waals surface area (Å²) in [6, 6.07) is 0. The molecule has 158 valence electrons. The molecule has 0 aromatic rings. The highest BCUT2D eigenvalue weighted by molar-refractivity contribution is 4.37. The summed E-state index contributed by atoms with van der Waals surface area (Å²) in [6.07, 6.45) is 7.83. The molecule has 0 saturated carbocycles. The zero-order chi connectivity index (χ0) is 20.3. The SMILES string of the molecule is C.CC(C)(O)O.CC(C)C.CCC.CCC.CCC.CCCCC. The van der Waals surface area contributed by atoms with Gasteiger partial charge in [-0.05, 0) is 19.8 Å². The third-order valence-corrected chi connectivity index (χ3v) is 0.707. The van der Waals surface area contributed by atoms with E-state index in [9.17, 15) is 0 Å². The largest absolute Gasteiger partial charge is 0.366 e. The van der Waals surface area contributed by atoms with E-state index in [2.05, 4.69) is 76.2 Å². The number of hydrogen-bond donors (Lipinski definition) is 2. The Balaban J connectivity index is -0.0000000291. The van der Waals surface area contributed by atoms with Crippen molar-refractivity contribution in [3.05, 3.63) is 0 Å². The van der Waals surface area contributed by atoms with E-state index >= 15 is 0 Å². The molecule has 0 heterocycles. The van der Waals surface area contributed by atoms with Gasteiger partial charge in [0.1, 0.15) is 0 Å². The van der Waals surface area contributed by atoms with E-state index in [-0.39, 0.29) is 7.43 Å². The Morgan fingerprint density at radius 2 is 0.708 bits per heavy atom. The molecular formula is C22H58O2. The van der Waals surface area contributed by atoms with E-state index in [1.54, 1.807) is 0 Å². The molecule has 0 aliphatic carbocycles. The lowest BCUT2D eigenvalue weighted by molar-refractivity contribution is -0.127. The highest BCUT2D eigenvalue weighted by atomic mass is 16.5. The molecule has 2 N–H and O–H groups in total. The van der Waals surface area contributed by atoms with Gasteiger partial charge in [-0.1, -0.05) is 122 Å². The van der Waals surface area contributed by atoms with E-state index in [1.807, 2.05) is 0 Å². The van der Waals surface area contributed by atoms with Crippen LogP contribution in [0.4, 0.5) is 0 Å². The van der Waals surface area contributed by atoms with Crippen molar-refractivity contribution in [3.8, 4) is 0 Å². The van der Waals surface area contributed by atoms with Gasteiger partial charge in [-0.25, -0.2) is 0 Å². The summed E-state index contributed by atoms with van der Waals surface area (Å²) in [6.45, 7) is 26.3. The molecule has 0 rings (SSSR count). The smallest absolute Gasteiger partial charge is 0.156 e. The van der Waals surface area contributed by atoms with Crippen LogP contribution in [-0.4, -0.2) is 16.0 Å². The molecule has 0 spiro atoms. The molecule has 0 saturated heterocycles. The normalized spacial score (nSPS) is 8.00. The van der Waals surface area contributed by atoms with Crippen molar-refractivity contribution in [2.75, 3.05) is 0 Å². The zero-order valence-electron chi connectivity index (χ0n) is 19.2. The Labute approximate surface area is 158 Å². The second-order valence-corrected chi connectivity index (χ2v) is 6.70. The van der Waals surface area contributed by atoms with Crippen molar-refractivity contribution in [2.45, 2.75) is 142 Å². The zero-order valence-corrected chi connectivity index (χ0v) is 19.2. The van der Waals surface area contributed by atoms with Crippen molar-refractivity contribution in [3.63, 3.8) is 0 Å². The highest BCUT2D eigenvalue weighted by Crippen LogP contribution is 1.88. The van der Waals surface area contributed by atoms with E-state index in [0.29, 0.717) is 0 Å². The molecule has 0 aliphatic rings. The molecule has 0 bridgehead atoms. The molecule has 2 nitrogen and oxygen atoms in total. The minimum atomic E-state index is -1.50. The maximum Gasteiger partial charge on any atom is 0.156 e. The third-order valence-electron chi connectivity index (χ3n) is 0.707. The predicted octanol–water partition coefficient (Wildman–Crippen LogP) is 8.45. The predicted molar refractivity (Wildman–Crippen MR) is 119 cm³/mol. The molecule has 0 fully saturated rings. The fourth-order valence-electron chi connectivity index (χ4n) is 0.354. The molecular weight excluding hydrogens is 296 g/mol. The van der Waals surface area contributed by atoms with Gasteiger partial charge in [-0.2, -0.15) is 0 Å². The summed E-state index contributed by atoms with van der Waals surface area (Å²) in [5.74, 6) is -0.667. The Morgan fingerprint density at radius 1 is 0.625 bits per heavy atom. The van der Waals surface area contributed by atoms with Crippen LogP contribution in [0.2, 0.25) is 0 Å². The Morgan fingerprint density at radius 3 is 0.708 bits per heavy atom. The highest BCUT2D eigenvalue weighted by Gasteiger charge is 2.00. The molecule has 0 aromatic heterocycles. The number of hydrogen-bond acceptors (Lipinski definition) is 2. The lowest BCUT2D eigenvalue weighted by Gasteiger charge is -2.03. The number of unbranched alkanes of at least 4 members (excludes halogenated alkanes) is 2. The minimum absolute atomic E-state index is 0. The lowest BCUT2D eigenvalue weighted by Crippen LogP contribution is -2.15. The average Bonchev–Trinajstić information content (AvgIpc) is 2.30. The third kappa shape index (κ3) is 2600. The monoisotopic (exact) mass is 354 g/mol. The molecule has 0 unspecified atom stereocenters. The first-order valence-corrected chi connectivity index (χ1v) is 9.84. The van der Waals surface area contributed by atoms with Crippen LogP contribution in [-0.2, 0) is 0 Å². The number of aliphatic hydroxyl groups is 2. The van der Waals surface area contributed by atoms with Gasteiger partial charge in [0.05, 0.1) is 0 Å². The summed E-state index contributed by atoms with van der Waals surface area (Å²) in [5.41, 5.74) is 0. The summed E-state index contributed by atoms with van der Waals surface area (Å²) in [4.78, 5) is 0. The lowest BCUT2D eigenvalue weighted by atomic mass is 10.3. The van der Waals surface area contributed by atoms with Crippen LogP contribution in [0, 0.1) is 5.92 Å². The second kappa shape index (κ2) is 49.5. The van der Waals surface area contributed by atoms with Crippen molar-refractivity contribution < 1.29 is 10.2 Å². The molecule has 0 aliphatic heterocycles. The maximum absolute atomic E-state index is 8.08. The van der Waals surface area contributed by atoms with Gasteiger partial charge in [0.25, 0.3) is 0 Å². The van der Waals surface area contributed by atoms with Crippen LogP contribution < -0.4 is 0 Å². The topological polar surface area (TPSA) is 40.5 Å². The van der Waals surface area contributed by atoms with Crippen LogP contribution >= 0.6 is 0 Å². The standard InChI is InChI=1S/C5H12.C4H10.C3H8O2.3C3H8.CH4/c1-3-5-4-2;1-4(2)3;1-3(2,4)5;3*1-3-2;/h3-5H2,1-2H3;4H,1-3H3;4-5H,1-2H3;3*3H2,1-2H3;1H4. The van der Waals surface area contributed by atoms with E-state index in [4.69, 9.17) is 10.2 Å². The van der Waals surface area contributed by atoms with Crippen LogP contribution in [0.25, 0.3) is 0 Å². The van der Waals surface area contributed by atoms with Crippen molar-refractivity contribution in [1.29, 1.82) is 0 Å². The van der Waals surface area contributed by atoms with Crippen LogP contribution in [0.15, 0.2) is 0 Å². The molecule has 24 heavy (non-hydrogen) atoms. The van der Waals surface area contributed by atoms with Crippen molar-refractivity contribution >= 4 is 0 Å². The van der Waals surface area contributed by atoms with Gasteiger partial charge in [0.2, 0.25) is 0 Å². The first-order chi connectivity index (χ1) is 10.4. The van der Waals surface area contributed by atoms with Gasteiger partial charge < -0.3 is 10.2 Å². The van der Waals surface area contributed by atoms with E-state index in [1.165, 1.54) is 52.4 Å². The van der Waals surface area contributed by atoms with Crippen molar-refractivity contribution in [2.24, 2.45) is 5.92 Å². The Kier molecular flexibility index (Phi) is 90.5. The van der Waals surface area contributed by atoms with Gasteiger partial charge in [-0.15, -0.1) is 0 Å². The molecule has 0 atom stereocenters. The van der Waals surface area contributed by atoms with Crippen molar-refractivity contribution in [1.82, 2.24) is 0 Å². The van der Waals surface area contributed by atoms with Crippen LogP contribution in [0.1, 0.15) is 136 Å². The Bertz CT molecular complexity index is 100. The summed E-state index contributed by atoms with van der Waals surface area (Å²) in [5, 5.41) is 16.2. The molecule has 0 amide bonds.